The number of nitrogens with zero attached hydrogens (tertiary/aromatic N) is 1. The van der Waals surface area contributed by atoms with Gasteiger partial charge in [0, 0.05) is 41.4 Å². The standard InChI is InChI=1S/C18H28FN3OS/c1-3-24(23)16-9-6-8-15(13-16)22-18(20-2)21-12-11-14-7-4-5-10-17(14)19/h4-5,7,10,15-16H,3,6,8-9,11-13H2,1-2H3,(H2,20,21,22). The Hall–Kier alpha value is -1.43. The van der Waals surface area contributed by atoms with Crippen LogP contribution in [0, 0.1) is 5.82 Å². The Morgan fingerprint density at radius 3 is 2.88 bits per heavy atom. The van der Waals surface area contributed by atoms with Crippen molar-refractivity contribution in [3.8, 4) is 0 Å². The average Bonchev–Trinajstić information content (AvgIpc) is 2.62. The molecule has 1 saturated carbocycles. The van der Waals surface area contributed by atoms with E-state index in [1.165, 1.54) is 6.07 Å². The Labute approximate surface area is 146 Å². The van der Waals surface area contributed by atoms with Crippen molar-refractivity contribution in [3.63, 3.8) is 0 Å². The number of hydrogen-bond donors (Lipinski definition) is 2. The Morgan fingerprint density at radius 2 is 2.17 bits per heavy atom. The van der Waals surface area contributed by atoms with Crippen molar-refractivity contribution >= 4 is 16.8 Å². The minimum Gasteiger partial charge on any atom is -0.356 e. The van der Waals surface area contributed by atoms with E-state index in [0.29, 0.717) is 24.6 Å². The number of rotatable bonds is 6. The van der Waals surface area contributed by atoms with Crippen LogP contribution in [0.5, 0.6) is 0 Å². The van der Waals surface area contributed by atoms with E-state index >= 15 is 0 Å². The maximum absolute atomic E-state index is 13.6. The van der Waals surface area contributed by atoms with E-state index in [4.69, 9.17) is 0 Å². The Bertz CT molecular complexity index is 579. The number of guanidine groups is 1. The van der Waals surface area contributed by atoms with Gasteiger partial charge in [-0.05, 0) is 37.3 Å². The van der Waals surface area contributed by atoms with Crippen LogP contribution in [0.25, 0.3) is 0 Å². The SMILES string of the molecule is CCS(=O)C1CCCC(NC(=NC)NCCc2ccccc2F)C1. The molecule has 4 nitrogen and oxygen atoms in total. The second-order valence-corrected chi connectivity index (χ2v) is 8.15. The lowest BCUT2D eigenvalue weighted by molar-refractivity contribution is 0.413. The molecule has 1 fully saturated rings. The summed E-state index contributed by atoms with van der Waals surface area (Å²) in [7, 11) is 1.01. The van der Waals surface area contributed by atoms with E-state index in [2.05, 4.69) is 15.6 Å². The molecule has 1 aromatic carbocycles. The lowest BCUT2D eigenvalue weighted by Crippen LogP contribution is -2.47. The molecule has 1 aliphatic carbocycles. The van der Waals surface area contributed by atoms with E-state index in [0.717, 1.165) is 37.4 Å². The number of hydrogen-bond acceptors (Lipinski definition) is 2. The van der Waals surface area contributed by atoms with Crippen LogP contribution in [0.15, 0.2) is 29.3 Å². The van der Waals surface area contributed by atoms with Crippen LogP contribution in [0.2, 0.25) is 0 Å². The van der Waals surface area contributed by atoms with Gasteiger partial charge in [-0.25, -0.2) is 4.39 Å². The van der Waals surface area contributed by atoms with Gasteiger partial charge >= 0.3 is 0 Å². The maximum Gasteiger partial charge on any atom is 0.191 e. The third kappa shape index (κ3) is 5.58. The molecule has 0 amide bonds. The zero-order valence-corrected chi connectivity index (χ0v) is 15.4. The summed E-state index contributed by atoms with van der Waals surface area (Å²) >= 11 is 0. The molecule has 0 spiro atoms. The Morgan fingerprint density at radius 1 is 1.38 bits per heavy atom. The van der Waals surface area contributed by atoms with Crippen LogP contribution < -0.4 is 10.6 Å². The molecule has 0 bridgehead atoms. The van der Waals surface area contributed by atoms with Crippen molar-refractivity contribution in [1.82, 2.24) is 10.6 Å². The van der Waals surface area contributed by atoms with E-state index in [-0.39, 0.29) is 11.1 Å². The molecule has 3 unspecified atom stereocenters. The topological polar surface area (TPSA) is 53.5 Å². The lowest BCUT2D eigenvalue weighted by Gasteiger charge is -2.30. The first-order chi connectivity index (χ1) is 11.6. The first-order valence-electron chi connectivity index (χ1n) is 8.71. The van der Waals surface area contributed by atoms with Gasteiger partial charge in [-0.3, -0.25) is 9.20 Å². The van der Waals surface area contributed by atoms with Crippen molar-refractivity contribution in [2.24, 2.45) is 4.99 Å². The van der Waals surface area contributed by atoms with Crippen LogP contribution >= 0.6 is 0 Å². The summed E-state index contributed by atoms with van der Waals surface area (Å²) in [5.41, 5.74) is 0.705. The largest absolute Gasteiger partial charge is 0.356 e. The molecule has 2 rings (SSSR count). The smallest absolute Gasteiger partial charge is 0.191 e. The molecule has 2 N–H and O–H groups in total. The van der Waals surface area contributed by atoms with Crippen LogP contribution in [-0.2, 0) is 17.2 Å². The van der Waals surface area contributed by atoms with E-state index in [9.17, 15) is 8.60 Å². The lowest BCUT2D eigenvalue weighted by atomic mass is 9.95. The Kier molecular flexibility index (Phi) is 7.69. The minimum atomic E-state index is -0.726. The molecule has 0 radical (unpaired) electrons. The highest BCUT2D eigenvalue weighted by atomic mass is 32.2. The average molecular weight is 354 g/mol. The molecule has 1 aliphatic rings. The molecular formula is C18H28FN3OS. The summed E-state index contributed by atoms with van der Waals surface area (Å²) in [4.78, 5) is 4.25. The molecule has 134 valence electrons. The highest BCUT2D eigenvalue weighted by Gasteiger charge is 2.25. The quantitative estimate of drug-likeness (QED) is 0.611. The van der Waals surface area contributed by atoms with E-state index in [1.807, 2.05) is 13.0 Å². The second-order valence-electron chi connectivity index (χ2n) is 6.14. The minimum absolute atomic E-state index is 0.167. The normalized spacial score (nSPS) is 22.9. The van der Waals surface area contributed by atoms with Crippen molar-refractivity contribution in [2.45, 2.75) is 50.3 Å². The third-order valence-corrected chi connectivity index (χ3v) is 6.23. The van der Waals surface area contributed by atoms with Crippen molar-refractivity contribution < 1.29 is 8.60 Å². The zero-order chi connectivity index (χ0) is 17.4. The van der Waals surface area contributed by atoms with Gasteiger partial charge in [0.2, 0.25) is 0 Å². The first-order valence-corrected chi connectivity index (χ1v) is 10.1. The molecule has 0 aliphatic heterocycles. The monoisotopic (exact) mass is 353 g/mol. The predicted octanol–water partition coefficient (Wildman–Crippen LogP) is 2.61. The van der Waals surface area contributed by atoms with Gasteiger partial charge in [0.15, 0.2) is 5.96 Å². The fourth-order valence-corrected chi connectivity index (χ4v) is 4.50. The summed E-state index contributed by atoms with van der Waals surface area (Å²) in [5.74, 6) is 1.30. The first kappa shape index (κ1) is 18.9. The number of halogens is 1. The Balaban J connectivity index is 1.80. The van der Waals surface area contributed by atoms with E-state index < -0.39 is 10.8 Å². The zero-order valence-electron chi connectivity index (χ0n) is 14.6. The molecule has 0 heterocycles. The molecule has 24 heavy (non-hydrogen) atoms. The van der Waals surface area contributed by atoms with Crippen LogP contribution in [-0.4, -0.2) is 40.8 Å². The van der Waals surface area contributed by atoms with Crippen molar-refractivity contribution in [3.05, 3.63) is 35.6 Å². The van der Waals surface area contributed by atoms with Gasteiger partial charge in [-0.15, -0.1) is 0 Å². The van der Waals surface area contributed by atoms with Gasteiger partial charge < -0.3 is 10.6 Å². The maximum atomic E-state index is 13.6. The van der Waals surface area contributed by atoms with Crippen LogP contribution in [0.4, 0.5) is 4.39 Å². The van der Waals surface area contributed by atoms with Crippen molar-refractivity contribution in [1.29, 1.82) is 0 Å². The molecule has 1 aromatic rings. The van der Waals surface area contributed by atoms with Gasteiger partial charge in [-0.2, -0.15) is 0 Å². The summed E-state index contributed by atoms with van der Waals surface area (Å²) < 4.78 is 25.6. The molecule has 0 aromatic heterocycles. The fraction of sp³-hybridized carbons (Fsp3) is 0.611. The summed E-state index contributed by atoms with van der Waals surface area (Å²) in [6, 6.07) is 7.14. The predicted molar refractivity (Wildman–Crippen MR) is 99.3 cm³/mol. The van der Waals surface area contributed by atoms with Crippen LogP contribution in [0.3, 0.4) is 0 Å². The fourth-order valence-electron chi connectivity index (χ4n) is 3.16. The number of nitrogens with one attached hydrogen (secondary N) is 2. The molecule has 6 heteroatoms. The third-order valence-electron chi connectivity index (χ3n) is 4.49. The summed E-state index contributed by atoms with van der Waals surface area (Å²) in [6.07, 6.45) is 4.76. The highest BCUT2D eigenvalue weighted by Crippen LogP contribution is 2.22. The van der Waals surface area contributed by atoms with Gasteiger partial charge in [-0.1, -0.05) is 31.5 Å². The highest BCUT2D eigenvalue weighted by molar-refractivity contribution is 7.85. The second kappa shape index (κ2) is 9.77. The molecular weight excluding hydrogens is 325 g/mol. The van der Waals surface area contributed by atoms with Gasteiger partial charge in [0.1, 0.15) is 5.82 Å². The van der Waals surface area contributed by atoms with Crippen LogP contribution in [0.1, 0.15) is 38.2 Å². The van der Waals surface area contributed by atoms with Gasteiger partial charge in [0.25, 0.3) is 0 Å². The number of aliphatic imine (C=N–C) groups is 1. The van der Waals surface area contributed by atoms with Crippen molar-refractivity contribution in [2.75, 3.05) is 19.3 Å². The van der Waals surface area contributed by atoms with Gasteiger partial charge in [0.05, 0.1) is 0 Å². The summed E-state index contributed by atoms with van der Waals surface area (Å²) in [6.45, 7) is 2.61. The molecule has 0 saturated heterocycles. The van der Waals surface area contributed by atoms with E-state index in [1.54, 1.807) is 19.2 Å². The summed E-state index contributed by atoms with van der Waals surface area (Å²) in [5, 5.41) is 6.96. The molecule has 3 atom stereocenters. The number of benzene rings is 1.